The monoisotopic (exact) mass is 389 g/mol. The Morgan fingerprint density at radius 3 is 2.50 bits per heavy atom. The van der Waals surface area contributed by atoms with E-state index in [0.717, 1.165) is 11.3 Å². The molecule has 1 rings (SSSR count). The molecule has 0 saturated carbocycles. The fourth-order valence-corrected chi connectivity index (χ4v) is 2.99. The molecule has 9 N–H and O–H groups in total. The number of aliphatic carboxylic acids is 1. The van der Waals surface area contributed by atoms with Crippen LogP contribution in [0.3, 0.4) is 0 Å². The Kier molecular flexibility index (Phi) is 8.38. The second-order valence-corrected chi connectivity index (χ2v) is 6.72. The zero-order valence-corrected chi connectivity index (χ0v) is 14.9. The predicted octanol–water partition coefficient (Wildman–Crippen LogP) is -1.42. The van der Waals surface area contributed by atoms with Gasteiger partial charge >= 0.3 is 12.0 Å². The summed E-state index contributed by atoms with van der Waals surface area (Å²) in [5.41, 5.74) is 10.9. The number of hydrogen-bond donors (Lipinski definition) is 7. The highest BCUT2D eigenvalue weighted by Gasteiger charge is 2.27. The van der Waals surface area contributed by atoms with Gasteiger partial charge in [-0.05, 0) is 13.3 Å². The van der Waals surface area contributed by atoms with Crippen LogP contribution in [0.25, 0.3) is 0 Å². The van der Waals surface area contributed by atoms with E-state index in [-0.39, 0.29) is 19.4 Å². The van der Waals surface area contributed by atoms with E-state index in [0.29, 0.717) is 9.88 Å². The largest absolute Gasteiger partial charge is 0.480 e. The summed E-state index contributed by atoms with van der Waals surface area (Å²) in [7, 11) is 0. The van der Waals surface area contributed by atoms with Gasteiger partial charge < -0.3 is 37.4 Å². The Morgan fingerprint density at radius 1 is 1.35 bits per heavy atom. The lowest BCUT2D eigenvalue weighted by molar-refractivity contribution is -0.141. The molecule has 1 heterocycles. The Hall–Kier alpha value is -2.28. The second kappa shape index (κ2) is 10.0. The number of aliphatic hydroxyl groups is 2. The van der Waals surface area contributed by atoms with Gasteiger partial charge in [-0.1, -0.05) is 0 Å². The minimum absolute atomic E-state index is 0.0370. The summed E-state index contributed by atoms with van der Waals surface area (Å²) in [6.07, 6.45) is 0.241. The third-order valence-corrected chi connectivity index (χ3v) is 4.66. The van der Waals surface area contributed by atoms with Crippen LogP contribution in [0.1, 0.15) is 41.7 Å². The third kappa shape index (κ3) is 6.55. The van der Waals surface area contributed by atoms with Crippen LogP contribution in [0.15, 0.2) is 6.20 Å². The van der Waals surface area contributed by atoms with Crippen LogP contribution in [0.5, 0.6) is 0 Å². The first-order valence-corrected chi connectivity index (χ1v) is 8.55. The molecule has 11 nitrogen and oxygen atoms in total. The van der Waals surface area contributed by atoms with Crippen molar-refractivity contribution >= 4 is 29.2 Å². The molecule has 26 heavy (non-hydrogen) atoms. The van der Waals surface area contributed by atoms with Gasteiger partial charge in [0.05, 0.1) is 24.8 Å². The Balaban J connectivity index is 2.89. The lowest BCUT2D eigenvalue weighted by Gasteiger charge is -2.21. The third-order valence-electron chi connectivity index (χ3n) is 3.42. The van der Waals surface area contributed by atoms with Gasteiger partial charge in [-0.15, -0.1) is 11.3 Å². The molecule has 0 unspecified atom stereocenters. The number of amides is 3. The summed E-state index contributed by atoms with van der Waals surface area (Å²) in [4.78, 5) is 38.9. The van der Waals surface area contributed by atoms with Gasteiger partial charge in [0, 0.05) is 17.5 Å². The number of rotatable bonds is 10. The number of carboxylic acid groups (broad SMARTS) is 1. The quantitative estimate of drug-likeness (QED) is 0.252. The number of carboxylic acids is 1. The summed E-state index contributed by atoms with van der Waals surface area (Å²) in [6.45, 7) is 0.948. The molecule has 0 radical (unpaired) electrons. The average molecular weight is 389 g/mol. The first kappa shape index (κ1) is 21.8. The fourth-order valence-electron chi connectivity index (χ4n) is 2.00. The minimum Gasteiger partial charge on any atom is -0.480 e. The van der Waals surface area contributed by atoms with Crippen molar-refractivity contribution in [3.05, 3.63) is 16.1 Å². The number of carbonyl (C=O) groups excluding carboxylic acids is 2. The minimum atomic E-state index is -1.50. The van der Waals surface area contributed by atoms with Crippen LogP contribution in [0.2, 0.25) is 0 Å². The standard InChI is InChI=1S/C14H23N5O6S/c1-6(21)11(13(23)24)19-14(25)18-8(2-3-10(16)22)12-17-4-9(26-12)7(15)5-20/h4,6-8,11,20-21H,2-3,5,15H2,1H3,(H2,16,22)(H,23,24)(H2,18,19,25)/t6-,7-,8-,11-/m0/s1. The molecule has 0 aromatic carbocycles. The van der Waals surface area contributed by atoms with E-state index in [1.54, 1.807) is 0 Å². The SMILES string of the molecule is C[C@H](O)[C@H](NC(=O)N[C@@H](CCC(N)=O)c1ncc([C@@H](N)CO)s1)C(=O)O. The van der Waals surface area contributed by atoms with Gasteiger partial charge in [0.1, 0.15) is 5.01 Å². The van der Waals surface area contributed by atoms with Crippen molar-refractivity contribution in [2.75, 3.05) is 6.61 Å². The molecular formula is C14H23N5O6S. The summed E-state index contributed by atoms with van der Waals surface area (Å²) >= 11 is 1.14. The van der Waals surface area contributed by atoms with E-state index >= 15 is 0 Å². The van der Waals surface area contributed by atoms with E-state index in [1.807, 2.05) is 0 Å². The van der Waals surface area contributed by atoms with Crippen molar-refractivity contribution in [3.8, 4) is 0 Å². The van der Waals surface area contributed by atoms with E-state index in [1.165, 1.54) is 13.1 Å². The number of nitrogens with two attached hydrogens (primary N) is 2. The van der Waals surface area contributed by atoms with Gasteiger partial charge in [0.25, 0.3) is 0 Å². The molecule has 12 heteroatoms. The second-order valence-electron chi connectivity index (χ2n) is 5.62. The number of hydrogen-bond acceptors (Lipinski definition) is 8. The maximum absolute atomic E-state index is 12.1. The first-order valence-electron chi connectivity index (χ1n) is 7.74. The highest BCUT2D eigenvalue weighted by Crippen LogP contribution is 2.26. The predicted molar refractivity (Wildman–Crippen MR) is 92.1 cm³/mol. The number of carbonyl (C=O) groups is 3. The van der Waals surface area contributed by atoms with Crippen molar-refractivity contribution < 1.29 is 29.7 Å². The molecular weight excluding hydrogens is 366 g/mol. The van der Waals surface area contributed by atoms with Crippen LogP contribution in [-0.4, -0.2) is 57.0 Å². The fraction of sp³-hybridized carbons (Fsp3) is 0.571. The van der Waals surface area contributed by atoms with Gasteiger partial charge in [0.2, 0.25) is 5.91 Å². The van der Waals surface area contributed by atoms with Crippen molar-refractivity contribution in [1.82, 2.24) is 15.6 Å². The number of nitrogens with one attached hydrogen (secondary N) is 2. The van der Waals surface area contributed by atoms with Crippen LogP contribution < -0.4 is 22.1 Å². The topological polar surface area (TPSA) is 201 Å². The summed E-state index contributed by atoms with van der Waals surface area (Å²) in [5, 5.41) is 32.6. The Bertz CT molecular complexity index is 637. The lowest BCUT2D eigenvalue weighted by atomic mass is 10.1. The summed E-state index contributed by atoms with van der Waals surface area (Å²) < 4.78 is 0. The van der Waals surface area contributed by atoms with Gasteiger partial charge in [0.15, 0.2) is 6.04 Å². The van der Waals surface area contributed by atoms with E-state index < -0.39 is 42.1 Å². The number of aromatic nitrogens is 1. The Morgan fingerprint density at radius 2 is 2.00 bits per heavy atom. The van der Waals surface area contributed by atoms with Crippen molar-refractivity contribution in [2.45, 2.75) is 44.0 Å². The van der Waals surface area contributed by atoms with E-state index in [2.05, 4.69) is 15.6 Å². The molecule has 3 amide bonds. The molecule has 0 aliphatic rings. The molecule has 0 aliphatic carbocycles. The zero-order chi connectivity index (χ0) is 19.9. The maximum Gasteiger partial charge on any atom is 0.328 e. The average Bonchev–Trinajstić information content (AvgIpc) is 3.04. The number of thiazole rings is 1. The number of nitrogens with zero attached hydrogens (tertiary/aromatic N) is 1. The molecule has 0 spiro atoms. The van der Waals surface area contributed by atoms with Crippen LogP contribution in [0.4, 0.5) is 4.79 Å². The number of aliphatic hydroxyl groups excluding tert-OH is 2. The van der Waals surface area contributed by atoms with Gasteiger partial charge in [-0.3, -0.25) is 4.79 Å². The van der Waals surface area contributed by atoms with Crippen molar-refractivity contribution in [3.63, 3.8) is 0 Å². The van der Waals surface area contributed by atoms with Gasteiger partial charge in [-0.25, -0.2) is 14.6 Å². The van der Waals surface area contributed by atoms with Crippen LogP contribution in [0, 0.1) is 0 Å². The van der Waals surface area contributed by atoms with Crippen molar-refractivity contribution in [1.29, 1.82) is 0 Å². The summed E-state index contributed by atoms with van der Waals surface area (Å²) in [6, 6.07) is -3.70. The van der Waals surface area contributed by atoms with Gasteiger partial charge in [-0.2, -0.15) is 0 Å². The highest BCUT2D eigenvalue weighted by atomic mass is 32.1. The van der Waals surface area contributed by atoms with E-state index in [4.69, 9.17) is 21.7 Å². The zero-order valence-electron chi connectivity index (χ0n) is 14.1. The van der Waals surface area contributed by atoms with Crippen LogP contribution >= 0.6 is 11.3 Å². The number of urea groups is 1. The molecule has 4 atom stereocenters. The molecule has 1 aromatic rings. The van der Waals surface area contributed by atoms with Crippen LogP contribution in [-0.2, 0) is 9.59 Å². The van der Waals surface area contributed by atoms with Crippen molar-refractivity contribution in [2.24, 2.45) is 11.5 Å². The highest BCUT2D eigenvalue weighted by molar-refractivity contribution is 7.11. The molecule has 0 aliphatic heterocycles. The normalized spacial score (nSPS) is 15.5. The molecule has 0 saturated heterocycles. The Labute approximate surface area is 153 Å². The molecule has 0 bridgehead atoms. The smallest absolute Gasteiger partial charge is 0.328 e. The summed E-state index contributed by atoms with van der Waals surface area (Å²) in [5.74, 6) is -1.97. The maximum atomic E-state index is 12.1. The first-order chi connectivity index (χ1) is 12.1. The lowest BCUT2D eigenvalue weighted by Crippen LogP contribution is -2.51. The van der Waals surface area contributed by atoms with E-state index in [9.17, 15) is 19.5 Å². The molecule has 1 aromatic heterocycles. The molecule has 146 valence electrons. The number of primary amides is 1. The molecule has 0 fully saturated rings.